The van der Waals surface area contributed by atoms with Crippen LogP contribution in [0, 0.1) is 19.7 Å². The van der Waals surface area contributed by atoms with E-state index >= 15 is 4.39 Å². The first kappa shape index (κ1) is 20.8. The molecule has 5 heteroatoms. The molecule has 33 heavy (non-hydrogen) atoms. The Balaban J connectivity index is 1.48. The molecule has 0 aliphatic carbocycles. The Labute approximate surface area is 192 Å². The van der Waals surface area contributed by atoms with Crippen molar-refractivity contribution in [2.75, 3.05) is 22.1 Å². The smallest absolute Gasteiger partial charge is 0.256 e. The second-order valence-corrected chi connectivity index (χ2v) is 8.18. The highest BCUT2D eigenvalue weighted by Crippen LogP contribution is 2.39. The van der Waals surface area contributed by atoms with Gasteiger partial charge in [0.05, 0.1) is 17.1 Å². The predicted molar refractivity (Wildman–Crippen MR) is 134 cm³/mol. The van der Waals surface area contributed by atoms with Crippen molar-refractivity contribution in [3.8, 4) is 0 Å². The van der Waals surface area contributed by atoms with Crippen LogP contribution in [0.4, 0.5) is 27.1 Å². The zero-order valence-electron chi connectivity index (χ0n) is 18.5. The summed E-state index contributed by atoms with van der Waals surface area (Å²) in [5, 5.41) is 8.44. The quantitative estimate of drug-likeness (QED) is 0.365. The highest BCUT2D eigenvalue weighted by molar-refractivity contribution is 6.06. The summed E-state index contributed by atoms with van der Waals surface area (Å²) in [6, 6.07) is 22.7. The van der Waals surface area contributed by atoms with E-state index in [0.29, 0.717) is 17.8 Å². The van der Waals surface area contributed by atoms with Crippen molar-refractivity contribution in [1.29, 1.82) is 0 Å². The van der Waals surface area contributed by atoms with Crippen LogP contribution in [0.1, 0.15) is 21.5 Å². The Morgan fingerprint density at radius 2 is 1.85 bits per heavy atom. The standard InChI is InChI=1S/C28H24FN3O/c1-18-7-5-10-22(19(18)2)28(33)31-25-13-12-21(17-24(25)29)32-16-6-15-30-27-23-9-4-3-8-20(23)11-14-26(27)32/h3-14,16-17,30H,15H2,1-2H3,(H,31,33). The molecule has 4 aromatic carbocycles. The third kappa shape index (κ3) is 3.82. The van der Waals surface area contributed by atoms with Gasteiger partial charge in [-0.05, 0) is 60.7 Å². The van der Waals surface area contributed by atoms with Crippen LogP contribution in [0.25, 0.3) is 10.8 Å². The number of hydrogen-bond donors (Lipinski definition) is 2. The lowest BCUT2D eigenvalue weighted by molar-refractivity contribution is 0.102. The van der Waals surface area contributed by atoms with Gasteiger partial charge in [-0.15, -0.1) is 0 Å². The molecule has 0 radical (unpaired) electrons. The maximum absolute atomic E-state index is 15.1. The van der Waals surface area contributed by atoms with Crippen molar-refractivity contribution in [3.63, 3.8) is 0 Å². The number of anilines is 4. The number of benzene rings is 4. The number of aryl methyl sites for hydroxylation is 1. The molecule has 5 rings (SSSR count). The molecule has 1 aliphatic rings. The van der Waals surface area contributed by atoms with Crippen LogP contribution in [0.5, 0.6) is 0 Å². The van der Waals surface area contributed by atoms with Crippen molar-refractivity contribution >= 4 is 39.4 Å². The highest BCUT2D eigenvalue weighted by atomic mass is 19.1. The van der Waals surface area contributed by atoms with Gasteiger partial charge in [0.15, 0.2) is 0 Å². The second-order valence-electron chi connectivity index (χ2n) is 8.18. The lowest BCUT2D eigenvalue weighted by atomic mass is 10.0. The molecule has 2 N–H and O–H groups in total. The molecule has 1 heterocycles. The van der Waals surface area contributed by atoms with Crippen LogP contribution in [0.2, 0.25) is 0 Å². The Morgan fingerprint density at radius 3 is 2.70 bits per heavy atom. The first-order chi connectivity index (χ1) is 16.0. The van der Waals surface area contributed by atoms with Gasteiger partial charge in [-0.1, -0.05) is 42.5 Å². The molecule has 4 nitrogen and oxygen atoms in total. The number of carbonyl (C=O) groups is 1. The maximum Gasteiger partial charge on any atom is 0.256 e. The number of fused-ring (bicyclic) bond motifs is 3. The van der Waals surface area contributed by atoms with Gasteiger partial charge in [-0.3, -0.25) is 4.79 Å². The van der Waals surface area contributed by atoms with Crippen LogP contribution in [-0.4, -0.2) is 12.5 Å². The number of nitrogens with zero attached hydrogens (tertiary/aromatic N) is 1. The number of halogens is 1. The normalized spacial score (nSPS) is 12.8. The highest BCUT2D eigenvalue weighted by Gasteiger charge is 2.18. The Bertz CT molecular complexity index is 1410. The molecule has 0 spiro atoms. The van der Waals surface area contributed by atoms with Crippen LogP contribution in [0.15, 0.2) is 85.1 Å². The van der Waals surface area contributed by atoms with Crippen LogP contribution < -0.4 is 15.5 Å². The van der Waals surface area contributed by atoms with E-state index in [9.17, 15) is 4.79 Å². The predicted octanol–water partition coefficient (Wildman–Crippen LogP) is 6.93. The van der Waals surface area contributed by atoms with Gasteiger partial charge in [0.25, 0.3) is 5.91 Å². The van der Waals surface area contributed by atoms with Crippen molar-refractivity contribution in [2.45, 2.75) is 13.8 Å². The van der Waals surface area contributed by atoms with Gasteiger partial charge in [-0.25, -0.2) is 4.39 Å². The van der Waals surface area contributed by atoms with E-state index in [1.54, 1.807) is 12.1 Å². The fraction of sp³-hybridized carbons (Fsp3) is 0.107. The van der Waals surface area contributed by atoms with E-state index in [0.717, 1.165) is 33.3 Å². The van der Waals surface area contributed by atoms with E-state index in [1.807, 2.05) is 67.4 Å². The van der Waals surface area contributed by atoms with Crippen molar-refractivity contribution in [2.24, 2.45) is 0 Å². The number of hydrogen-bond acceptors (Lipinski definition) is 3. The zero-order chi connectivity index (χ0) is 22.9. The summed E-state index contributed by atoms with van der Waals surface area (Å²) < 4.78 is 15.1. The lowest BCUT2D eigenvalue weighted by Gasteiger charge is -2.23. The molecule has 0 fully saturated rings. The van der Waals surface area contributed by atoms with E-state index in [-0.39, 0.29) is 11.6 Å². The van der Waals surface area contributed by atoms with Gasteiger partial charge in [0, 0.05) is 35.4 Å². The van der Waals surface area contributed by atoms with Gasteiger partial charge in [-0.2, -0.15) is 0 Å². The molecule has 1 amide bonds. The first-order valence-electron chi connectivity index (χ1n) is 10.9. The average molecular weight is 438 g/mol. The zero-order valence-corrected chi connectivity index (χ0v) is 18.5. The molecule has 164 valence electrons. The summed E-state index contributed by atoms with van der Waals surface area (Å²) in [6.07, 6.45) is 3.94. The molecule has 0 unspecified atom stereocenters. The van der Waals surface area contributed by atoms with Gasteiger partial charge in [0.2, 0.25) is 0 Å². The van der Waals surface area contributed by atoms with Gasteiger partial charge >= 0.3 is 0 Å². The Hall–Kier alpha value is -4.12. The molecular weight excluding hydrogens is 413 g/mol. The summed E-state index contributed by atoms with van der Waals surface area (Å²) in [6.45, 7) is 4.51. The molecule has 0 aromatic heterocycles. The second kappa shape index (κ2) is 8.43. The van der Waals surface area contributed by atoms with E-state index in [1.165, 1.54) is 6.07 Å². The van der Waals surface area contributed by atoms with Crippen LogP contribution >= 0.6 is 0 Å². The van der Waals surface area contributed by atoms with Crippen molar-refractivity contribution < 1.29 is 9.18 Å². The molecule has 0 atom stereocenters. The van der Waals surface area contributed by atoms with Gasteiger partial charge in [0.1, 0.15) is 5.82 Å². The fourth-order valence-corrected chi connectivity index (χ4v) is 4.21. The maximum atomic E-state index is 15.1. The lowest BCUT2D eigenvalue weighted by Crippen LogP contribution is -2.15. The third-order valence-electron chi connectivity index (χ3n) is 6.15. The topological polar surface area (TPSA) is 44.4 Å². The Kier molecular flexibility index (Phi) is 5.31. The summed E-state index contributed by atoms with van der Waals surface area (Å²) >= 11 is 0. The molecule has 0 saturated carbocycles. The van der Waals surface area contributed by atoms with Crippen molar-refractivity contribution in [3.05, 3.63) is 108 Å². The minimum atomic E-state index is -0.487. The third-order valence-corrected chi connectivity index (χ3v) is 6.15. The van der Waals surface area contributed by atoms with E-state index in [2.05, 4.69) is 28.8 Å². The first-order valence-corrected chi connectivity index (χ1v) is 10.9. The van der Waals surface area contributed by atoms with Crippen LogP contribution in [-0.2, 0) is 0 Å². The number of amides is 1. The molecule has 1 aliphatic heterocycles. The molecule has 0 saturated heterocycles. The van der Waals surface area contributed by atoms with Crippen LogP contribution in [0.3, 0.4) is 0 Å². The minimum Gasteiger partial charge on any atom is -0.379 e. The van der Waals surface area contributed by atoms with E-state index in [4.69, 9.17) is 0 Å². The summed E-state index contributed by atoms with van der Waals surface area (Å²) in [7, 11) is 0. The largest absolute Gasteiger partial charge is 0.379 e. The van der Waals surface area contributed by atoms with E-state index < -0.39 is 5.82 Å². The summed E-state index contributed by atoms with van der Waals surface area (Å²) in [4.78, 5) is 14.7. The minimum absolute atomic E-state index is 0.153. The fourth-order valence-electron chi connectivity index (χ4n) is 4.21. The summed E-state index contributed by atoms with van der Waals surface area (Å²) in [5.41, 5.74) is 5.22. The summed E-state index contributed by atoms with van der Waals surface area (Å²) in [5.74, 6) is -0.808. The number of carbonyl (C=O) groups excluding carboxylic acids is 1. The monoisotopic (exact) mass is 437 g/mol. The molecule has 0 bridgehead atoms. The number of rotatable bonds is 3. The molecular formula is C28H24FN3O. The van der Waals surface area contributed by atoms with Crippen molar-refractivity contribution in [1.82, 2.24) is 0 Å². The molecule has 4 aromatic rings. The Morgan fingerprint density at radius 1 is 1.00 bits per heavy atom. The van der Waals surface area contributed by atoms with Gasteiger partial charge < -0.3 is 15.5 Å². The SMILES string of the molecule is Cc1cccc(C(=O)Nc2ccc(N3C=CCNc4c3ccc3ccccc43)cc2F)c1C. The average Bonchev–Trinajstić information content (AvgIpc) is 3.05. The number of nitrogens with one attached hydrogen (secondary N) is 2.